The van der Waals surface area contributed by atoms with E-state index in [0.717, 1.165) is 30.8 Å². The third-order valence-electron chi connectivity index (χ3n) is 4.76. The number of hydrogen-bond acceptors (Lipinski definition) is 3. The number of anilines is 2. The lowest BCUT2D eigenvalue weighted by molar-refractivity contribution is 0.0954. The lowest BCUT2D eigenvalue weighted by Crippen LogP contribution is -2.26. The quantitative estimate of drug-likeness (QED) is 0.716. The third kappa shape index (κ3) is 3.96. The number of carbonyl (C=O) groups excluding carboxylic acids is 1. The fraction of sp³-hybridized carbons (Fsp3) is 0.182. The van der Waals surface area contributed by atoms with Crippen molar-refractivity contribution in [2.24, 2.45) is 0 Å². The first-order valence-corrected chi connectivity index (χ1v) is 9.43. The molecule has 0 saturated carbocycles. The summed E-state index contributed by atoms with van der Waals surface area (Å²) in [5.74, 6) is 0.718. The number of para-hydroxylation sites is 1. The summed E-state index contributed by atoms with van der Waals surface area (Å²) in [6.45, 7) is 1.44. The van der Waals surface area contributed by atoms with Gasteiger partial charge in [0.1, 0.15) is 5.82 Å². The highest BCUT2D eigenvalue weighted by atomic mass is 35.5. The van der Waals surface area contributed by atoms with Gasteiger partial charge in [0.15, 0.2) is 0 Å². The van der Waals surface area contributed by atoms with Crippen LogP contribution in [0.1, 0.15) is 21.5 Å². The predicted molar refractivity (Wildman–Crippen MR) is 109 cm³/mol. The van der Waals surface area contributed by atoms with Gasteiger partial charge in [-0.05, 0) is 54.3 Å². The molecule has 0 fully saturated rings. The first kappa shape index (κ1) is 17.6. The largest absolute Gasteiger partial charge is 0.352 e. The lowest BCUT2D eigenvalue weighted by atomic mass is 10.1. The summed E-state index contributed by atoms with van der Waals surface area (Å²) in [6.07, 6.45) is 3.43. The van der Waals surface area contributed by atoms with Gasteiger partial charge >= 0.3 is 0 Å². The topological polar surface area (TPSA) is 45.2 Å². The van der Waals surface area contributed by atoms with Crippen LogP contribution in [0.15, 0.2) is 66.9 Å². The van der Waals surface area contributed by atoms with Crippen LogP contribution in [0.5, 0.6) is 0 Å². The van der Waals surface area contributed by atoms with Gasteiger partial charge < -0.3 is 10.2 Å². The Kier molecular flexibility index (Phi) is 5.07. The maximum absolute atomic E-state index is 12.5. The van der Waals surface area contributed by atoms with Crippen LogP contribution < -0.4 is 10.2 Å². The van der Waals surface area contributed by atoms with Crippen LogP contribution in [-0.2, 0) is 12.8 Å². The number of amides is 1. The molecule has 1 aliphatic heterocycles. The fourth-order valence-electron chi connectivity index (χ4n) is 3.40. The van der Waals surface area contributed by atoms with Crippen LogP contribution in [0.3, 0.4) is 0 Å². The van der Waals surface area contributed by atoms with Crippen molar-refractivity contribution in [2.75, 3.05) is 18.0 Å². The first-order chi connectivity index (χ1) is 13.2. The number of nitrogens with zero attached hydrogens (tertiary/aromatic N) is 2. The molecule has 136 valence electrons. The number of rotatable bonds is 5. The summed E-state index contributed by atoms with van der Waals surface area (Å²) in [5.41, 5.74) is 4.21. The molecule has 0 atom stereocenters. The smallest absolute Gasteiger partial charge is 0.251 e. The van der Waals surface area contributed by atoms with E-state index in [1.54, 1.807) is 12.3 Å². The van der Waals surface area contributed by atoms with Gasteiger partial charge in [0.05, 0.1) is 0 Å². The van der Waals surface area contributed by atoms with E-state index < -0.39 is 0 Å². The van der Waals surface area contributed by atoms with Crippen LogP contribution in [0.25, 0.3) is 0 Å². The number of aromatic nitrogens is 1. The van der Waals surface area contributed by atoms with Crippen LogP contribution in [0.2, 0.25) is 5.02 Å². The van der Waals surface area contributed by atoms with E-state index in [2.05, 4.69) is 33.4 Å². The maximum atomic E-state index is 12.5. The third-order valence-corrected chi connectivity index (χ3v) is 4.99. The Balaban J connectivity index is 1.42. The molecule has 0 unspecified atom stereocenters. The molecule has 27 heavy (non-hydrogen) atoms. The van der Waals surface area contributed by atoms with Crippen molar-refractivity contribution in [3.8, 4) is 0 Å². The highest BCUT2D eigenvalue weighted by Crippen LogP contribution is 2.33. The average molecular weight is 378 g/mol. The Morgan fingerprint density at radius 3 is 2.89 bits per heavy atom. The second-order valence-corrected chi connectivity index (χ2v) is 7.01. The number of hydrogen-bond donors (Lipinski definition) is 1. The fourth-order valence-corrected chi connectivity index (χ4v) is 3.61. The maximum Gasteiger partial charge on any atom is 0.251 e. The van der Waals surface area contributed by atoms with Crippen molar-refractivity contribution in [3.05, 3.63) is 88.6 Å². The monoisotopic (exact) mass is 377 g/mol. The molecule has 1 aromatic heterocycles. The minimum atomic E-state index is -0.0897. The molecule has 3 aromatic rings. The summed E-state index contributed by atoms with van der Waals surface area (Å²) >= 11 is 6.00. The molecule has 0 spiro atoms. The van der Waals surface area contributed by atoms with E-state index in [9.17, 15) is 4.79 Å². The number of pyridine rings is 1. The summed E-state index contributed by atoms with van der Waals surface area (Å²) in [4.78, 5) is 19.2. The van der Waals surface area contributed by atoms with Gasteiger partial charge in [-0.15, -0.1) is 0 Å². The summed E-state index contributed by atoms with van der Waals surface area (Å²) in [7, 11) is 0. The van der Waals surface area contributed by atoms with Crippen molar-refractivity contribution in [1.29, 1.82) is 0 Å². The van der Waals surface area contributed by atoms with Crippen LogP contribution in [-0.4, -0.2) is 24.0 Å². The number of benzene rings is 2. The lowest BCUT2D eigenvalue weighted by Gasteiger charge is -2.18. The molecule has 1 N–H and O–H groups in total. The standard InChI is InChI=1S/C22H20ClN3O/c23-19-6-3-4-16(14-19)8-11-25-22(27)18-9-12-24-21(15-18)26-13-10-17-5-1-2-7-20(17)26/h1-7,9,12,14-15H,8,10-11,13H2,(H,25,27). The molecule has 1 aliphatic rings. The summed E-state index contributed by atoms with van der Waals surface area (Å²) < 4.78 is 0. The molecule has 2 heterocycles. The van der Waals surface area contributed by atoms with Crippen molar-refractivity contribution >= 4 is 29.0 Å². The van der Waals surface area contributed by atoms with E-state index in [4.69, 9.17) is 11.6 Å². The Hall–Kier alpha value is -2.85. The Morgan fingerprint density at radius 2 is 2.00 bits per heavy atom. The number of fused-ring (bicyclic) bond motifs is 1. The van der Waals surface area contributed by atoms with Crippen LogP contribution in [0.4, 0.5) is 11.5 Å². The molecule has 0 bridgehead atoms. The zero-order chi connectivity index (χ0) is 18.6. The van der Waals surface area contributed by atoms with E-state index in [1.807, 2.05) is 36.4 Å². The molecule has 4 rings (SSSR count). The summed E-state index contributed by atoms with van der Waals surface area (Å²) in [5, 5.41) is 3.69. The van der Waals surface area contributed by atoms with Crippen molar-refractivity contribution < 1.29 is 4.79 Å². The van der Waals surface area contributed by atoms with E-state index in [1.165, 1.54) is 11.3 Å². The molecule has 5 heteroatoms. The average Bonchev–Trinajstić information content (AvgIpc) is 3.12. The number of carbonyl (C=O) groups is 1. The van der Waals surface area contributed by atoms with Gasteiger partial charge in [0.25, 0.3) is 5.91 Å². The highest BCUT2D eigenvalue weighted by molar-refractivity contribution is 6.30. The Morgan fingerprint density at radius 1 is 1.11 bits per heavy atom. The van der Waals surface area contributed by atoms with Crippen molar-refractivity contribution in [3.63, 3.8) is 0 Å². The molecule has 0 saturated heterocycles. The molecular weight excluding hydrogens is 358 g/mol. The van der Waals surface area contributed by atoms with Crippen LogP contribution in [0, 0.1) is 0 Å². The van der Waals surface area contributed by atoms with Gasteiger partial charge in [-0.25, -0.2) is 4.98 Å². The van der Waals surface area contributed by atoms with Crippen molar-refractivity contribution in [2.45, 2.75) is 12.8 Å². The zero-order valence-electron chi connectivity index (χ0n) is 14.9. The minimum absolute atomic E-state index is 0.0897. The molecule has 1 amide bonds. The van der Waals surface area contributed by atoms with Gasteiger partial charge in [0.2, 0.25) is 0 Å². The zero-order valence-corrected chi connectivity index (χ0v) is 15.6. The van der Waals surface area contributed by atoms with Crippen molar-refractivity contribution in [1.82, 2.24) is 10.3 Å². The van der Waals surface area contributed by atoms with E-state index >= 15 is 0 Å². The molecular formula is C22H20ClN3O. The van der Waals surface area contributed by atoms with Gasteiger partial charge in [-0.2, -0.15) is 0 Å². The number of halogens is 1. The van der Waals surface area contributed by atoms with E-state index in [-0.39, 0.29) is 5.91 Å². The van der Waals surface area contributed by atoms with Gasteiger partial charge in [0, 0.05) is 35.6 Å². The Bertz CT molecular complexity index is 973. The normalized spacial score (nSPS) is 12.7. The molecule has 0 aliphatic carbocycles. The first-order valence-electron chi connectivity index (χ1n) is 9.05. The van der Waals surface area contributed by atoms with Gasteiger partial charge in [-0.3, -0.25) is 4.79 Å². The SMILES string of the molecule is O=C(NCCc1cccc(Cl)c1)c1ccnc(N2CCc3ccccc32)c1. The van der Waals surface area contributed by atoms with Gasteiger partial charge in [-0.1, -0.05) is 41.9 Å². The molecule has 2 aromatic carbocycles. The highest BCUT2D eigenvalue weighted by Gasteiger charge is 2.21. The second-order valence-electron chi connectivity index (χ2n) is 6.57. The van der Waals surface area contributed by atoms with Crippen LogP contribution >= 0.6 is 11.6 Å². The molecule has 4 nitrogen and oxygen atoms in total. The van der Waals surface area contributed by atoms with E-state index in [0.29, 0.717) is 17.1 Å². The minimum Gasteiger partial charge on any atom is -0.352 e. The number of nitrogens with one attached hydrogen (secondary N) is 1. The predicted octanol–water partition coefficient (Wildman–Crippen LogP) is 4.40. The second kappa shape index (κ2) is 7.80. The Labute approximate surface area is 163 Å². The summed E-state index contributed by atoms with van der Waals surface area (Å²) in [6, 6.07) is 19.6. The molecule has 0 radical (unpaired) electrons.